The Bertz CT molecular complexity index is 1720. The Kier molecular flexibility index (Phi) is 7.71. The van der Waals surface area contributed by atoms with Gasteiger partial charge in [0.1, 0.15) is 5.76 Å². The summed E-state index contributed by atoms with van der Waals surface area (Å²) in [4.78, 5) is 45.3. The number of aryl methyl sites for hydroxylation is 2. The Morgan fingerprint density at radius 3 is 2.39 bits per heavy atom. The topological polar surface area (TPSA) is 113 Å². The maximum absolute atomic E-state index is 13.6. The molecule has 2 aliphatic rings. The van der Waals surface area contributed by atoms with Crippen LogP contribution in [-0.2, 0) is 36.8 Å². The van der Waals surface area contributed by atoms with Gasteiger partial charge in [-0.25, -0.2) is 4.79 Å². The number of hydrogen-bond donors (Lipinski definition) is 2. The first-order valence-corrected chi connectivity index (χ1v) is 14.3. The van der Waals surface area contributed by atoms with E-state index in [9.17, 15) is 32.7 Å². The monoisotopic (exact) mass is 603 g/mol. The Labute approximate surface area is 250 Å². The molecule has 0 unspecified atom stereocenters. The SMILES string of the molecule is O=C(Cc1ccc(-c2c(C(=O)O)c(CCc3ccc(C(F)(F)F)cc3)nc3c2C(=O)N2CCC[C@@H]32)cc1)NCc1ccco1. The summed E-state index contributed by atoms with van der Waals surface area (Å²) in [5.41, 5.74) is 2.30. The van der Waals surface area contributed by atoms with Gasteiger partial charge in [0.25, 0.3) is 5.91 Å². The number of carbonyl (C=O) groups excluding carboxylic acids is 2. The highest BCUT2D eigenvalue weighted by Crippen LogP contribution is 2.45. The van der Waals surface area contributed by atoms with Gasteiger partial charge in [-0.3, -0.25) is 14.6 Å². The molecule has 2 aliphatic heterocycles. The predicted molar refractivity (Wildman–Crippen MR) is 153 cm³/mol. The molecule has 11 heteroatoms. The van der Waals surface area contributed by atoms with Crippen molar-refractivity contribution in [3.8, 4) is 11.1 Å². The summed E-state index contributed by atoms with van der Waals surface area (Å²) in [7, 11) is 0. The number of alkyl halides is 3. The number of amides is 2. The second kappa shape index (κ2) is 11.6. The first-order chi connectivity index (χ1) is 21.1. The third kappa shape index (κ3) is 5.69. The fraction of sp³-hybridized carbons (Fsp3) is 0.273. The van der Waals surface area contributed by atoms with Crippen molar-refractivity contribution in [3.05, 3.63) is 112 Å². The van der Waals surface area contributed by atoms with Crippen LogP contribution in [0.15, 0.2) is 71.3 Å². The Balaban J connectivity index is 1.32. The molecule has 6 rings (SSSR count). The Hall–Kier alpha value is -4.93. The van der Waals surface area contributed by atoms with E-state index >= 15 is 0 Å². The number of carboxylic acid groups (broad SMARTS) is 1. The van der Waals surface area contributed by atoms with Crippen molar-refractivity contribution in [1.82, 2.24) is 15.2 Å². The molecule has 4 heterocycles. The molecule has 1 atom stereocenters. The molecule has 8 nitrogen and oxygen atoms in total. The number of halogens is 3. The standard InChI is InChI=1S/C33H28F3N3O5/c34-33(35,36)22-12-7-19(8-13-22)9-14-24-28(32(42)43)27(29-30(38-24)25-4-1-15-39(25)31(29)41)21-10-5-20(6-11-21)17-26(40)37-18-23-3-2-16-44-23/h2-3,5-8,10-13,16,25H,1,4,9,14-15,17-18H2,(H,37,40)(H,42,43)/t25-/m0/s1. The summed E-state index contributed by atoms with van der Waals surface area (Å²) in [6.07, 6.45) is -0.900. The second-order valence-electron chi connectivity index (χ2n) is 11.0. The largest absolute Gasteiger partial charge is 0.478 e. The quantitative estimate of drug-likeness (QED) is 0.243. The molecular formula is C33H28F3N3O5. The van der Waals surface area contributed by atoms with Crippen LogP contribution in [0, 0.1) is 0 Å². The van der Waals surface area contributed by atoms with Crippen LogP contribution in [0.1, 0.15) is 73.4 Å². The molecule has 0 spiro atoms. The number of furan rings is 1. The van der Waals surface area contributed by atoms with Gasteiger partial charge in [-0.05, 0) is 66.6 Å². The number of fused-ring (bicyclic) bond motifs is 3. The Morgan fingerprint density at radius 1 is 1.00 bits per heavy atom. The number of carbonyl (C=O) groups is 3. The predicted octanol–water partition coefficient (Wildman–Crippen LogP) is 5.99. The number of pyridine rings is 1. The summed E-state index contributed by atoms with van der Waals surface area (Å²) in [5.74, 6) is -1.10. The number of aromatic carboxylic acids is 1. The average Bonchev–Trinajstić information content (AvgIpc) is 3.75. The van der Waals surface area contributed by atoms with Crippen LogP contribution in [-0.4, -0.2) is 39.3 Å². The minimum Gasteiger partial charge on any atom is -0.478 e. The molecule has 0 saturated carbocycles. The smallest absolute Gasteiger partial charge is 0.416 e. The fourth-order valence-corrected chi connectivity index (χ4v) is 6.01. The van der Waals surface area contributed by atoms with E-state index in [-0.39, 0.29) is 66.0 Å². The van der Waals surface area contributed by atoms with Gasteiger partial charge in [-0.1, -0.05) is 36.4 Å². The zero-order valence-electron chi connectivity index (χ0n) is 23.5. The maximum Gasteiger partial charge on any atom is 0.416 e. The zero-order chi connectivity index (χ0) is 31.0. The molecule has 2 amide bonds. The highest BCUT2D eigenvalue weighted by Gasteiger charge is 2.44. The van der Waals surface area contributed by atoms with Gasteiger partial charge in [-0.15, -0.1) is 0 Å². The summed E-state index contributed by atoms with van der Waals surface area (Å²) in [6.45, 7) is 0.804. The molecule has 0 bridgehead atoms. The highest BCUT2D eigenvalue weighted by molar-refractivity contribution is 6.10. The Morgan fingerprint density at radius 2 is 1.73 bits per heavy atom. The lowest BCUT2D eigenvalue weighted by molar-refractivity contribution is -0.137. The highest BCUT2D eigenvalue weighted by atomic mass is 19.4. The molecule has 0 radical (unpaired) electrons. The average molecular weight is 604 g/mol. The first-order valence-electron chi connectivity index (χ1n) is 14.3. The van der Waals surface area contributed by atoms with Crippen molar-refractivity contribution in [1.29, 1.82) is 0 Å². The number of benzene rings is 2. The molecule has 1 saturated heterocycles. The summed E-state index contributed by atoms with van der Waals surface area (Å²) >= 11 is 0. The molecule has 2 aromatic heterocycles. The van der Waals surface area contributed by atoms with Crippen molar-refractivity contribution < 1.29 is 37.1 Å². The number of nitrogens with one attached hydrogen (secondary N) is 1. The van der Waals surface area contributed by atoms with E-state index in [4.69, 9.17) is 9.40 Å². The molecule has 0 aliphatic carbocycles. The van der Waals surface area contributed by atoms with Crippen LogP contribution in [0.3, 0.4) is 0 Å². The summed E-state index contributed by atoms with van der Waals surface area (Å²) in [6, 6.07) is 14.9. The molecule has 1 fully saturated rings. The summed E-state index contributed by atoms with van der Waals surface area (Å²) in [5, 5.41) is 13.2. The van der Waals surface area contributed by atoms with Gasteiger partial charge in [0.2, 0.25) is 5.91 Å². The van der Waals surface area contributed by atoms with Crippen LogP contribution in [0.4, 0.5) is 13.2 Å². The minimum atomic E-state index is -4.45. The van der Waals surface area contributed by atoms with Gasteiger partial charge in [0.05, 0.1) is 53.3 Å². The van der Waals surface area contributed by atoms with E-state index in [2.05, 4.69) is 5.32 Å². The zero-order valence-corrected chi connectivity index (χ0v) is 23.5. The minimum absolute atomic E-state index is 0.0917. The van der Waals surface area contributed by atoms with Crippen LogP contribution < -0.4 is 5.32 Å². The number of nitrogens with zero attached hydrogens (tertiary/aromatic N) is 2. The molecule has 2 aromatic carbocycles. The van der Waals surface area contributed by atoms with Crippen LogP contribution in [0.25, 0.3) is 11.1 Å². The van der Waals surface area contributed by atoms with Crippen molar-refractivity contribution in [3.63, 3.8) is 0 Å². The van der Waals surface area contributed by atoms with Crippen LogP contribution >= 0.6 is 0 Å². The number of hydrogen-bond acceptors (Lipinski definition) is 5. The van der Waals surface area contributed by atoms with Crippen LogP contribution in [0.5, 0.6) is 0 Å². The molecule has 44 heavy (non-hydrogen) atoms. The number of carboxylic acids is 1. The van der Waals surface area contributed by atoms with E-state index in [1.54, 1.807) is 41.3 Å². The van der Waals surface area contributed by atoms with E-state index in [1.807, 2.05) is 0 Å². The van der Waals surface area contributed by atoms with Crippen molar-refractivity contribution in [2.45, 2.75) is 50.9 Å². The third-order valence-electron chi connectivity index (χ3n) is 8.14. The lowest BCUT2D eigenvalue weighted by atomic mass is 9.89. The van der Waals surface area contributed by atoms with Crippen molar-refractivity contribution in [2.75, 3.05) is 6.54 Å². The van der Waals surface area contributed by atoms with Crippen molar-refractivity contribution >= 4 is 17.8 Å². The van der Waals surface area contributed by atoms with E-state index < -0.39 is 17.7 Å². The fourth-order valence-electron chi connectivity index (χ4n) is 6.01. The van der Waals surface area contributed by atoms with Gasteiger partial charge < -0.3 is 19.7 Å². The third-order valence-corrected chi connectivity index (χ3v) is 8.14. The lowest BCUT2D eigenvalue weighted by Crippen LogP contribution is -2.24. The lowest BCUT2D eigenvalue weighted by Gasteiger charge is -2.17. The van der Waals surface area contributed by atoms with Gasteiger partial charge in [0, 0.05) is 12.1 Å². The second-order valence-corrected chi connectivity index (χ2v) is 11.0. The summed E-state index contributed by atoms with van der Waals surface area (Å²) < 4.78 is 44.3. The van der Waals surface area contributed by atoms with Crippen molar-refractivity contribution in [2.24, 2.45) is 0 Å². The molecule has 226 valence electrons. The van der Waals surface area contributed by atoms with Gasteiger partial charge in [0.15, 0.2) is 0 Å². The van der Waals surface area contributed by atoms with E-state index in [0.29, 0.717) is 41.1 Å². The van der Waals surface area contributed by atoms with Gasteiger partial charge >= 0.3 is 12.1 Å². The number of aromatic nitrogens is 1. The molecular weight excluding hydrogens is 575 g/mol. The van der Waals surface area contributed by atoms with E-state index in [1.165, 1.54) is 18.4 Å². The molecule has 4 aromatic rings. The maximum atomic E-state index is 13.6. The number of rotatable bonds is 9. The molecule has 2 N–H and O–H groups in total. The normalized spacial score (nSPS) is 15.8. The van der Waals surface area contributed by atoms with E-state index in [0.717, 1.165) is 18.6 Å². The van der Waals surface area contributed by atoms with Crippen LogP contribution in [0.2, 0.25) is 0 Å². The van der Waals surface area contributed by atoms with Gasteiger partial charge in [-0.2, -0.15) is 13.2 Å². The first kappa shape index (κ1) is 29.2.